The van der Waals surface area contributed by atoms with Crippen LogP contribution in [0.1, 0.15) is 18.3 Å². The van der Waals surface area contributed by atoms with Crippen molar-refractivity contribution in [3.05, 3.63) is 41.7 Å². The molecule has 0 saturated carbocycles. The van der Waals surface area contributed by atoms with E-state index in [-0.39, 0.29) is 6.10 Å². The van der Waals surface area contributed by atoms with Crippen LogP contribution < -0.4 is 5.32 Å². The lowest BCUT2D eigenvalue weighted by Gasteiger charge is -2.19. The van der Waals surface area contributed by atoms with E-state index < -0.39 is 0 Å². The highest BCUT2D eigenvalue weighted by Crippen LogP contribution is 2.34. The number of imidazole rings is 1. The molecule has 3 rings (SSSR count). The molecule has 1 aliphatic rings. The number of aryl methyl sites for hydroxylation is 1. The van der Waals surface area contributed by atoms with Crippen LogP contribution in [0.5, 0.6) is 0 Å². The number of anilines is 1. The summed E-state index contributed by atoms with van der Waals surface area (Å²) in [5, 5.41) is 4.02. The van der Waals surface area contributed by atoms with E-state index in [9.17, 15) is 0 Å². The first-order chi connectivity index (χ1) is 9.75. The summed E-state index contributed by atoms with van der Waals surface area (Å²) >= 11 is 6.10. The van der Waals surface area contributed by atoms with Gasteiger partial charge in [0, 0.05) is 50.9 Å². The number of halogens is 1. The van der Waals surface area contributed by atoms with E-state index in [0.29, 0.717) is 10.9 Å². The second kappa shape index (κ2) is 5.81. The Morgan fingerprint density at radius 1 is 1.50 bits per heavy atom. The molecule has 3 heterocycles. The SMILES string of the molecule is Cn1ccnc1[C@@H]1OCC[C@H]1CNc1ccncc1Cl. The van der Waals surface area contributed by atoms with Gasteiger partial charge in [0.15, 0.2) is 0 Å². The van der Waals surface area contributed by atoms with E-state index in [1.807, 2.05) is 23.9 Å². The van der Waals surface area contributed by atoms with Gasteiger partial charge in [-0.1, -0.05) is 11.6 Å². The molecule has 1 aliphatic heterocycles. The maximum atomic E-state index is 6.10. The Hall–Kier alpha value is -1.59. The van der Waals surface area contributed by atoms with Crippen LogP contribution in [-0.2, 0) is 11.8 Å². The van der Waals surface area contributed by atoms with Gasteiger partial charge in [0.05, 0.1) is 10.7 Å². The molecule has 0 aromatic carbocycles. The van der Waals surface area contributed by atoms with Crippen LogP contribution >= 0.6 is 11.6 Å². The quantitative estimate of drug-likeness (QED) is 0.941. The van der Waals surface area contributed by atoms with Crippen LogP contribution in [0.2, 0.25) is 5.02 Å². The highest BCUT2D eigenvalue weighted by atomic mass is 35.5. The molecule has 0 radical (unpaired) electrons. The van der Waals surface area contributed by atoms with Crippen molar-refractivity contribution in [2.45, 2.75) is 12.5 Å². The molecule has 1 saturated heterocycles. The zero-order valence-corrected chi connectivity index (χ0v) is 12.0. The molecule has 0 amide bonds. The van der Waals surface area contributed by atoms with E-state index in [4.69, 9.17) is 16.3 Å². The fourth-order valence-electron chi connectivity index (χ4n) is 2.54. The Morgan fingerprint density at radius 2 is 2.40 bits per heavy atom. The number of nitrogens with one attached hydrogen (secondary N) is 1. The monoisotopic (exact) mass is 292 g/mol. The summed E-state index contributed by atoms with van der Waals surface area (Å²) in [5.41, 5.74) is 0.909. The second-order valence-corrected chi connectivity index (χ2v) is 5.38. The van der Waals surface area contributed by atoms with E-state index in [1.54, 1.807) is 18.6 Å². The number of aromatic nitrogens is 3. The van der Waals surface area contributed by atoms with Gasteiger partial charge >= 0.3 is 0 Å². The van der Waals surface area contributed by atoms with Crippen molar-refractivity contribution in [1.82, 2.24) is 14.5 Å². The molecular formula is C14H17ClN4O. The van der Waals surface area contributed by atoms with E-state index in [2.05, 4.69) is 15.3 Å². The minimum atomic E-state index is 0.0445. The van der Waals surface area contributed by atoms with Crippen LogP contribution in [0.3, 0.4) is 0 Å². The molecule has 20 heavy (non-hydrogen) atoms. The summed E-state index contributed by atoms with van der Waals surface area (Å²) in [4.78, 5) is 8.38. The zero-order valence-electron chi connectivity index (χ0n) is 11.3. The van der Waals surface area contributed by atoms with Gasteiger partial charge in [-0.15, -0.1) is 0 Å². The second-order valence-electron chi connectivity index (χ2n) is 4.97. The number of nitrogens with zero attached hydrogens (tertiary/aromatic N) is 3. The lowest BCUT2D eigenvalue weighted by Crippen LogP contribution is -2.20. The molecular weight excluding hydrogens is 276 g/mol. The van der Waals surface area contributed by atoms with Crippen LogP contribution in [-0.4, -0.2) is 27.7 Å². The lowest BCUT2D eigenvalue weighted by atomic mass is 10.0. The van der Waals surface area contributed by atoms with E-state index >= 15 is 0 Å². The van der Waals surface area contributed by atoms with Crippen molar-refractivity contribution in [3.8, 4) is 0 Å². The Bertz CT molecular complexity index is 586. The molecule has 0 aliphatic carbocycles. The summed E-state index contributed by atoms with van der Waals surface area (Å²) in [5.74, 6) is 1.37. The van der Waals surface area contributed by atoms with E-state index in [1.165, 1.54) is 0 Å². The summed E-state index contributed by atoms with van der Waals surface area (Å²) < 4.78 is 7.86. The number of rotatable bonds is 4. The Kier molecular flexibility index (Phi) is 3.89. The van der Waals surface area contributed by atoms with Crippen LogP contribution in [0.4, 0.5) is 5.69 Å². The summed E-state index contributed by atoms with van der Waals surface area (Å²) in [6, 6.07) is 1.88. The summed E-state index contributed by atoms with van der Waals surface area (Å²) in [6.07, 6.45) is 8.19. The third-order valence-electron chi connectivity index (χ3n) is 3.65. The van der Waals surface area contributed by atoms with Gasteiger partial charge in [0.1, 0.15) is 11.9 Å². The van der Waals surface area contributed by atoms with Crippen molar-refractivity contribution in [2.24, 2.45) is 13.0 Å². The molecule has 2 aromatic heterocycles. The minimum absolute atomic E-state index is 0.0445. The third kappa shape index (κ3) is 2.64. The standard InChI is InChI=1S/C14H17ClN4O/c1-19-6-5-17-14(19)13-10(3-7-20-13)8-18-12-2-4-16-9-11(12)15/h2,4-6,9-10,13H,3,7-8H2,1H3,(H,16,18)/t10-,13+/m0/s1. The molecule has 5 nitrogen and oxygen atoms in total. The smallest absolute Gasteiger partial charge is 0.138 e. The van der Waals surface area contributed by atoms with Crippen molar-refractivity contribution >= 4 is 17.3 Å². The van der Waals surface area contributed by atoms with Gasteiger partial charge in [0.2, 0.25) is 0 Å². The van der Waals surface area contributed by atoms with Crippen LogP contribution in [0.25, 0.3) is 0 Å². The van der Waals surface area contributed by atoms with Gasteiger partial charge in [-0.25, -0.2) is 4.98 Å². The molecule has 106 valence electrons. The Balaban J connectivity index is 1.68. The molecule has 0 spiro atoms. The maximum absolute atomic E-state index is 6.10. The maximum Gasteiger partial charge on any atom is 0.138 e. The number of hydrogen-bond acceptors (Lipinski definition) is 4. The Labute approximate surface area is 122 Å². The largest absolute Gasteiger partial charge is 0.383 e. The molecule has 1 fully saturated rings. The lowest BCUT2D eigenvalue weighted by molar-refractivity contribution is 0.0839. The summed E-state index contributed by atoms with van der Waals surface area (Å²) in [6.45, 7) is 1.58. The normalized spacial score (nSPS) is 22.1. The van der Waals surface area contributed by atoms with Crippen LogP contribution in [0.15, 0.2) is 30.9 Å². The number of ether oxygens (including phenoxy) is 1. The molecule has 0 bridgehead atoms. The first-order valence-corrected chi connectivity index (χ1v) is 7.05. The van der Waals surface area contributed by atoms with Crippen molar-refractivity contribution < 1.29 is 4.74 Å². The van der Waals surface area contributed by atoms with Crippen molar-refractivity contribution in [1.29, 1.82) is 0 Å². The molecule has 6 heteroatoms. The molecule has 0 unspecified atom stereocenters. The van der Waals surface area contributed by atoms with Gasteiger partial charge in [-0.3, -0.25) is 4.98 Å². The van der Waals surface area contributed by atoms with Crippen LogP contribution in [0, 0.1) is 5.92 Å². The highest BCUT2D eigenvalue weighted by molar-refractivity contribution is 6.33. The Morgan fingerprint density at radius 3 is 3.15 bits per heavy atom. The first kappa shape index (κ1) is 13.4. The topological polar surface area (TPSA) is 52.0 Å². The number of hydrogen-bond donors (Lipinski definition) is 1. The fourth-order valence-corrected chi connectivity index (χ4v) is 2.73. The predicted molar refractivity (Wildman–Crippen MR) is 77.7 cm³/mol. The number of pyridine rings is 1. The van der Waals surface area contributed by atoms with Gasteiger partial charge < -0.3 is 14.6 Å². The van der Waals surface area contributed by atoms with Crippen molar-refractivity contribution in [3.63, 3.8) is 0 Å². The molecule has 1 N–H and O–H groups in total. The predicted octanol–water partition coefficient (Wildman–Crippen LogP) is 2.66. The average molecular weight is 293 g/mol. The fraction of sp³-hybridized carbons (Fsp3) is 0.429. The first-order valence-electron chi connectivity index (χ1n) is 6.68. The zero-order chi connectivity index (χ0) is 13.9. The van der Waals surface area contributed by atoms with Gasteiger partial charge in [0.25, 0.3) is 0 Å². The van der Waals surface area contributed by atoms with Crippen molar-refractivity contribution in [2.75, 3.05) is 18.5 Å². The van der Waals surface area contributed by atoms with Gasteiger partial charge in [-0.2, -0.15) is 0 Å². The van der Waals surface area contributed by atoms with E-state index in [0.717, 1.165) is 31.1 Å². The third-order valence-corrected chi connectivity index (χ3v) is 3.96. The van der Waals surface area contributed by atoms with Gasteiger partial charge in [-0.05, 0) is 12.5 Å². The minimum Gasteiger partial charge on any atom is -0.383 e. The average Bonchev–Trinajstić information content (AvgIpc) is 3.06. The molecule has 2 aromatic rings. The highest BCUT2D eigenvalue weighted by Gasteiger charge is 2.32. The molecule has 2 atom stereocenters. The summed E-state index contributed by atoms with van der Waals surface area (Å²) in [7, 11) is 1.99.